The van der Waals surface area contributed by atoms with Gasteiger partial charge in [0.25, 0.3) is 5.91 Å². The largest absolute Gasteiger partial charge is 0.348 e. The molecule has 2 aromatic rings. The second-order valence-electron chi connectivity index (χ2n) is 6.43. The third kappa shape index (κ3) is 3.65. The van der Waals surface area contributed by atoms with Crippen molar-refractivity contribution >= 4 is 23.4 Å². The van der Waals surface area contributed by atoms with Gasteiger partial charge in [0.15, 0.2) is 0 Å². The molecule has 1 aliphatic heterocycles. The van der Waals surface area contributed by atoms with E-state index in [1.54, 1.807) is 35.2 Å². The highest BCUT2D eigenvalue weighted by Crippen LogP contribution is 2.27. The maximum absolute atomic E-state index is 13.1. The molecule has 5 heteroatoms. The fraction of sp³-hybridized carbons (Fsp3) is 0.238. The number of rotatable bonds is 4. The quantitative estimate of drug-likeness (QED) is 0.838. The van der Waals surface area contributed by atoms with Crippen LogP contribution in [0.1, 0.15) is 28.4 Å². The minimum atomic E-state index is -0.587. The number of nitrogens with zero attached hydrogens (tertiary/aromatic N) is 1. The average molecular weight is 369 g/mol. The Balaban J connectivity index is 1.96. The minimum Gasteiger partial charge on any atom is -0.348 e. The number of carbonyl (C=O) groups excluding carboxylic acids is 2. The van der Waals surface area contributed by atoms with Crippen molar-refractivity contribution in [2.75, 3.05) is 0 Å². The topological polar surface area (TPSA) is 49.4 Å². The molecule has 1 heterocycles. The van der Waals surface area contributed by atoms with Gasteiger partial charge in [0, 0.05) is 19.0 Å². The Hall–Kier alpha value is -2.59. The summed E-state index contributed by atoms with van der Waals surface area (Å²) >= 11 is 6.21. The molecule has 3 rings (SSSR count). The van der Waals surface area contributed by atoms with E-state index in [2.05, 4.69) is 11.9 Å². The van der Waals surface area contributed by atoms with Crippen LogP contribution in [0.15, 0.2) is 61.2 Å². The summed E-state index contributed by atoms with van der Waals surface area (Å²) < 4.78 is 0. The monoisotopic (exact) mass is 368 g/mol. The van der Waals surface area contributed by atoms with Gasteiger partial charge in [-0.05, 0) is 30.2 Å². The smallest absolute Gasteiger partial charge is 0.256 e. The maximum atomic E-state index is 13.1. The zero-order valence-electron chi connectivity index (χ0n) is 14.6. The Morgan fingerprint density at radius 1 is 1.19 bits per heavy atom. The zero-order valence-corrected chi connectivity index (χ0v) is 15.4. The SMILES string of the molecule is C=C[C@@H](C)NC(=O)[C@@H]1Cc2ccccc2CN1C(=O)c1ccccc1Cl. The molecule has 0 spiro atoms. The molecule has 2 amide bonds. The summed E-state index contributed by atoms with van der Waals surface area (Å²) in [6, 6.07) is 14.0. The lowest BCUT2D eigenvalue weighted by atomic mass is 9.92. The molecule has 0 fully saturated rings. The molecular formula is C21H21ClN2O2. The van der Waals surface area contributed by atoms with E-state index in [9.17, 15) is 9.59 Å². The standard InChI is InChI=1S/C21H21ClN2O2/c1-3-14(2)23-20(25)19-12-15-8-4-5-9-16(15)13-24(19)21(26)17-10-6-7-11-18(17)22/h3-11,14,19H,1,12-13H2,2H3,(H,23,25)/t14-,19+/m1/s1. The van der Waals surface area contributed by atoms with Crippen molar-refractivity contribution in [3.05, 3.63) is 82.9 Å². The zero-order chi connectivity index (χ0) is 18.7. The third-order valence-electron chi connectivity index (χ3n) is 4.64. The Labute approximate surface area is 158 Å². The second kappa shape index (κ2) is 7.75. The third-order valence-corrected chi connectivity index (χ3v) is 4.97. The van der Waals surface area contributed by atoms with E-state index in [0.717, 1.165) is 11.1 Å². The highest BCUT2D eigenvalue weighted by atomic mass is 35.5. The molecule has 0 aromatic heterocycles. The molecule has 26 heavy (non-hydrogen) atoms. The van der Waals surface area contributed by atoms with E-state index in [1.807, 2.05) is 31.2 Å². The van der Waals surface area contributed by atoms with Crippen LogP contribution >= 0.6 is 11.6 Å². The highest BCUT2D eigenvalue weighted by Gasteiger charge is 2.35. The lowest BCUT2D eigenvalue weighted by Crippen LogP contribution is -2.53. The molecule has 2 atom stereocenters. The first-order valence-electron chi connectivity index (χ1n) is 8.56. The maximum Gasteiger partial charge on any atom is 0.256 e. The number of halogens is 1. The number of hydrogen-bond acceptors (Lipinski definition) is 2. The molecule has 0 bridgehead atoms. The van der Waals surface area contributed by atoms with Crippen molar-refractivity contribution in [3.63, 3.8) is 0 Å². The molecule has 0 saturated heterocycles. The van der Waals surface area contributed by atoms with Gasteiger partial charge in [0.2, 0.25) is 5.91 Å². The van der Waals surface area contributed by atoms with Gasteiger partial charge in [-0.25, -0.2) is 0 Å². The molecule has 1 aliphatic rings. The van der Waals surface area contributed by atoms with E-state index in [1.165, 1.54) is 0 Å². The summed E-state index contributed by atoms with van der Waals surface area (Å²) in [5.74, 6) is -0.427. The van der Waals surface area contributed by atoms with Crippen molar-refractivity contribution in [2.24, 2.45) is 0 Å². The molecule has 4 nitrogen and oxygen atoms in total. The van der Waals surface area contributed by atoms with Gasteiger partial charge in [-0.3, -0.25) is 9.59 Å². The average Bonchev–Trinajstić information content (AvgIpc) is 2.66. The van der Waals surface area contributed by atoms with Crippen LogP contribution in [0.4, 0.5) is 0 Å². The van der Waals surface area contributed by atoms with Gasteiger partial charge in [0.1, 0.15) is 6.04 Å². The summed E-state index contributed by atoms with van der Waals surface area (Å²) in [6.07, 6.45) is 2.14. The van der Waals surface area contributed by atoms with Crippen molar-refractivity contribution < 1.29 is 9.59 Å². The lowest BCUT2D eigenvalue weighted by molar-refractivity contribution is -0.126. The molecule has 0 radical (unpaired) electrons. The van der Waals surface area contributed by atoms with Crippen LogP contribution in [-0.4, -0.2) is 28.8 Å². The summed E-state index contributed by atoms with van der Waals surface area (Å²) in [7, 11) is 0. The van der Waals surface area contributed by atoms with Gasteiger partial charge in [-0.1, -0.05) is 54.1 Å². The fourth-order valence-corrected chi connectivity index (χ4v) is 3.36. The molecule has 0 aliphatic carbocycles. The van der Waals surface area contributed by atoms with E-state index in [-0.39, 0.29) is 17.9 Å². The number of amides is 2. The van der Waals surface area contributed by atoms with Crippen molar-refractivity contribution in [2.45, 2.75) is 32.0 Å². The van der Waals surface area contributed by atoms with Crippen LogP contribution in [-0.2, 0) is 17.8 Å². The van der Waals surface area contributed by atoms with Gasteiger partial charge >= 0.3 is 0 Å². The molecule has 2 aromatic carbocycles. The Bertz CT molecular complexity index is 849. The van der Waals surface area contributed by atoms with Crippen molar-refractivity contribution in [1.29, 1.82) is 0 Å². The fourth-order valence-electron chi connectivity index (χ4n) is 3.14. The van der Waals surface area contributed by atoms with Crippen molar-refractivity contribution in [3.8, 4) is 0 Å². The summed E-state index contributed by atoms with van der Waals surface area (Å²) in [5.41, 5.74) is 2.54. The summed E-state index contributed by atoms with van der Waals surface area (Å²) in [5, 5.41) is 3.28. The molecule has 0 unspecified atom stereocenters. The first kappa shape index (κ1) is 18.2. The van der Waals surface area contributed by atoms with E-state index < -0.39 is 6.04 Å². The number of hydrogen-bond donors (Lipinski definition) is 1. The Morgan fingerprint density at radius 2 is 1.85 bits per heavy atom. The first-order valence-corrected chi connectivity index (χ1v) is 8.94. The predicted molar refractivity (Wildman–Crippen MR) is 103 cm³/mol. The summed E-state index contributed by atoms with van der Waals surface area (Å²) in [4.78, 5) is 27.6. The van der Waals surface area contributed by atoms with Crippen LogP contribution in [0, 0.1) is 0 Å². The van der Waals surface area contributed by atoms with Crippen LogP contribution in [0.5, 0.6) is 0 Å². The number of nitrogens with one attached hydrogen (secondary N) is 1. The molecule has 134 valence electrons. The van der Waals surface area contributed by atoms with Crippen LogP contribution in [0.3, 0.4) is 0 Å². The van der Waals surface area contributed by atoms with Crippen LogP contribution < -0.4 is 5.32 Å². The van der Waals surface area contributed by atoms with E-state index in [0.29, 0.717) is 23.6 Å². The molecule has 0 saturated carbocycles. The number of fused-ring (bicyclic) bond motifs is 1. The first-order chi connectivity index (χ1) is 12.5. The van der Waals surface area contributed by atoms with Crippen LogP contribution in [0.25, 0.3) is 0 Å². The molecule has 1 N–H and O–H groups in total. The highest BCUT2D eigenvalue weighted by molar-refractivity contribution is 6.33. The summed E-state index contributed by atoms with van der Waals surface area (Å²) in [6.45, 7) is 5.92. The minimum absolute atomic E-state index is 0.170. The lowest BCUT2D eigenvalue weighted by Gasteiger charge is -2.36. The van der Waals surface area contributed by atoms with Gasteiger partial charge in [0.05, 0.1) is 10.6 Å². The van der Waals surface area contributed by atoms with E-state index >= 15 is 0 Å². The molecular weight excluding hydrogens is 348 g/mol. The van der Waals surface area contributed by atoms with Crippen molar-refractivity contribution in [1.82, 2.24) is 10.2 Å². The van der Waals surface area contributed by atoms with Gasteiger partial charge in [-0.2, -0.15) is 0 Å². The number of carbonyl (C=O) groups is 2. The predicted octanol–water partition coefficient (Wildman–Crippen LogP) is 3.60. The number of benzene rings is 2. The Kier molecular flexibility index (Phi) is 5.43. The normalized spacial score (nSPS) is 17.2. The van der Waals surface area contributed by atoms with Gasteiger partial charge < -0.3 is 10.2 Å². The van der Waals surface area contributed by atoms with E-state index in [4.69, 9.17) is 11.6 Å². The van der Waals surface area contributed by atoms with Gasteiger partial charge in [-0.15, -0.1) is 6.58 Å². The van der Waals surface area contributed by atoms with Crippen LogP contribution in [0.2, 0.25) is 5.02 Å². The second-order valence-corrected chi connectivity index (χ2v) is 6.84. The Morgan fingerprint density at radius 3 is 2.54 bits per heavy atom.